The van der Waals surface area contributed by atoms with Crippen molar-refractivity contribution in [3.8, 4) is 0 Å². The fourth-order valence-electron chi connectivity index (χ4n) is 2.57. The Bertz CT molecular complexity index is 709. The molecule has 0 radical (unpaired) electrons. The van der Waals surface area contributed by atoms with Crippen LogP contribution in [0.2, 0.25) is 0 Å². The van der Waals surface area contributed by atoms with E-state index in [1.54, 1.807) is 16.8 Å². The van der Waals surface area contributed by atoms with Gasteiger partial charge in [0, 0.05) is 18.7 Å². The fourth-order valence-corrected chi connectivity index (χ4v) is 4.16. The lowest BCUT2D eigenvalue weighted by atomic mass is 10.1. The molecule has 4 nitrogen and oxygen atoms in total. The minimum Gasteiger partial charge on any atom is -0.311 e. The van der Waals surface area contributed by atoms with Crippen molar-refractivity contribution in [1.29, 1.82) is 0 Å². The zero-order valence-corrected chi connectivity index (χ0v) is 13.5. The van der Waals surface area contributed by atoms with Crippen LogP contribution in [-0.4, -0.2) is 34.1 Å². The average molecular weight is 318 g/mol. The zero-order chi connectivity index (χ0) is 15.3. The number of rotatable bonds is 1. The molecular formula is C15H14N2O2S2. The number of thioether (sulfide) groups is 1. The van der Waals surface area contributed by atoms with E-state index in [1.165, 1.54) is 11.8 Å². The third-order valence-corrected chi connectivity index (χ3v) is 5.00. The number of fused-ring (bicyclic) bond motifs is 1. The van der Waals surface area contributed by atoms with Crippen molar-refractivity contribution in [2.24, 2.45) is 0 Å². The van der Waals surface area contributed by atoms with Crippen LogP contribution in [0, 0.1) is 0 Å². The molecule has 21 heavy (non-hydrogen) atoms. The van der Waals surface area contributed by atoms with Crippen LogP contribution in [0.3, 0.4) is 0 Å². The summed E-state index contributed by atoms with van der Waals surface area (Å²) in [5.41, 5.74) is 2.09. The first-order valence-corrected chi connectivity index (χ1v) is 7.83. The Hall–Kier alpha value is -1.66. The number of carbonyl (C=O) groups excluding carboxylic acids is 2. The van der Waals surface area contributed by atoms with Gasteiger partial charge in [-0.1, -0.05) is 42.2 Å². The Morgan fingerprint density at radius 2 is 1.81 bits per heavy atom. The summed E-state index contributed by atoms with van der Waals surface area (Å²) in [6.45, 7) is 3.82. The highest BCUT2D eigenvalue weighted by molar-refractivity contribution is 8.26. The Morgan fingerprint density at radius 1 is 1.14 bits per heavy atom. The molecule has 2 aliphatic rings. The van der Waals surface area contributed by atoms with Gasteiger partial charge >= 0.3 is 0 Å². The molecule has 0 saturated carbocycles. The van der Waals surface area contributed by atoms with E-state index in [2.05, 4.69) is 0 Å². The van der Waals surface area contributed by atoms with E-state index in [9.17, 15) is 9.59 Å². The Kier molecular flexibility index (Phi) is 3.37. The maximum Gasteiger partial charge on any atom is 0.267 e. The normalized spacial score (nSPS) is 21.8. The minimum atomic E-state index is -0.173. The number of benzene rings is 1. The lowest BCUT2D eigenvalue weighted by molar-refractivity contribution is -0.123. The van der Waals surface area contributed by atoms with Crippen LogP contribution in [-0.2, 0) is 9.59 Å². The van der Waals surface area contributed by atoms with Crippen molar-refractivity contribution in [2.45, 2.75) is 19.9 Å². The van der Waals surface area contributed by atoms with E-state index in [0.717, 1.165) is 11.3 Å². The highest BCUT2D eigenvalue weighted by Crippen LogP contribution is 2.44. The summed E-state index contributed by atoms with van der Waals surface area (Å²) < 4.78 is 0.511. The molecule has 1 aromatic rings. The van der Waals surface area contributed by atoms with Crippen LogP contribution in [0.4, 0.5) is 5.69 Å². The SMILES string of the molecule is CC(C)N1C(=O)/C(=C2/C(=O)N(C)c3ccccc32)SC1=S. The molecule has 0 atom stereocenters. The van der Waals surface area contributed by atoms with Crippen molar-refractivity contribution >= 4 is 51.4 Å². The minimum absolute atomic E-state index is 0.0138. The first-order valence-electron chi connectivity index (χ1n) is 6.60. The first-order chi connectivity index (χ1) is 9.93. The summed E-state index contributed by atoms with van der Waals surface area (Å²) in [4.78, 5) is 28.7. The molecular weight excluding hydrogens is 304 g/mol. The molecule has 2 amide bonds. The number of thiocarbonyl (C=S) groups is 1. The van der Waals surface area contributed by atoms with Gasteiger partial charge in [0.1, 0.15) is 4.32 Å². The third-order valence-electron chi connectivity index (χ3n) is 3.60. The molecule has 0 aromatic heterocycles. The van der Waals surface area contributed by atoms with Crippen LogP contribution in [0.1, 0.15) is 19.4 Å². The molecule has 0 spiro atoms. The van der Waals surface area contributed by atoms with Gasteiger partial charge in [0.15, 0.2) is 0 Å². The van der Waals surface area contributed by atoms with Gasteiger partial charge in [-0.15, -0.1) is 0 Å². The molecule has 6 heteroatoms. The topological polar surface area (TPSA) is 40.6 Å². The predicted octanol–water partition coefficient (Wildman–Crippen LogP) is 2.64. The number of hydrogen-bond donors (Lipinski definition) is 0. The first kappa shape index (κ1) is 14.3. The summed E-state index contributed by atoms with van der Waals surface area (Å²) in [6.07, 6.45) is 0. The van der Waals surface area contributed by atoms with E-state index >= 15 is 0 Å². The quantitative estimate of drug-likeness (QED) is 0.589. The summed E-state index contributed by atoms with van der Waals surface area (Å²) in [7, 11) is 1.72. The van der Waals surface area contributed by atoms with Crippen LogP contribution < -0.4 is 4.90 Å². The van der Waals surface area contributed by atoms with Gasteiger partial charge in [-0.2, -0.15) is 0 Å². The van der Waals surface area contributed by atoms with Crippen molar-refractivity contribution in [3.05, 3.63) is 34.7 Å². The second kappa shape index (κ2) is 4.96. The standard InChI is InChI=1S/C15H14N2O2S2/c1-8(2)17-14(19)12(21-15(17)20)11-9-6-4-5-7-10(9)16(3)13(11)18/h4-8H,1-3H3/b12-11-. The molecule has 108 valence electrons. The molecule has 1 fully saturated rings. The second-order valence-electron chi connectivity index (χ2n) is 5.22. The molecule has 0 unspecified atom stereocenters. The molecule has 2 heterocycles. The Balaban J connectivity index is 2.18. The highest BCUT2D eigenvalue weighted by atomic mass is 32.2. The molecule has 3 rings (SSSR count). The summed E-state index contributed by atoms with van der Waals surface area (Å²) in [5.74, 6) is -0.325. The maximum absolute atomic E-state index is 12.6. The van der Waals surface area contributed by atoms with Crippen LogP contribution in [0.15, 0.2) is 29.2 Å². The highest BCUT2D eigenvalue weighted by Gasteiger charge is 2.41. The van der Waals surface area contributed by atoms with Gasteiger partial charge in [0.2, 0.25) is 0 Å². The van der Waals surface area contributed by atoms with Gasteiger partial charge in [-0.3, -0.25) is 14.5 Å². The molecule has 2 aliphatic heterocycles. The van der Waals surface area contributed by atoms with E-state index < -0.39 is 0 Å². The van der Waals surface area contributed by atoms with Gasteiger partial charge in [0.05, 0.1) is 16.2 Å². The van der Waals surface area contributed by atoms with Gasteiger partial charge in [0.25, 0.3) is 11.8 Å². The molecule has 0 aliphatic carbocycles. The van der Waals surface area contributed by atoms with Crippen molar-refractivity contribution in [1.82, 2.24) is 4.90 Å². The van der Waals surface area contributed by atoms with Crippen molar-refractivity contribution in [3.63, 3.8) is 0 Å². The number of para-hydroxylation sites is 1. The molecule has 0 bridgehead atoms. The number of hydrogen-bond acceptors (Lipinski definition) is 4. The average Bonchev–Trinajstić information content (AvgIpc) is 2.86. The predicted molar refractivity (Wildman–Crippen MR) is 88.9 cm³/mol. The van der Waals surface area contributed by atoms with E-state index in [0.29, 0.717) is 14.8 Å². The van der Waals surface area contributed by atoms with Crippen molar-refractivity contribution < 1.29 is 9.59 Å². The summed E-state index contributed by atoms with van der Waals surface area (Å²) >= 11 is 6.50. The zero-order valence-electron chi connectivity index (χ0n) is 11.9. The van der Waals surface area contributed by atoms with E-state index in [1.807, 2.05) is 38.1 Å². The van der Waals surface area contributed by atoms with Crippen LogP contribution in [0.25, 0.3) is 5.57 Å². The number of amides is 2. The largest absolute Gasteiger partial charge is 0.311 e. The number of carbonyl (C=O) groups is 2. The monoisotopic (exact) mass is 318 g/mol. The van der Waals surface area contributed by atoms with Crippen LogP contribution in [0.5, 0.6) is 0 Å². The number of anilines is 1. The molecule has 0 N–H and O–H groups in total. The lowest BCUT2D eigenvalue weighted by Crippen LogP contribution is -2.34. The van der Waals surface area contributed by atoms with Crippen LogP contribution >= 0.6 is 24.0 Å². The Morgan fingerprint density at radius 3 is 2.43 bits per heavy atom. The smallest absolute Gasteiger partial charge is 0.267 e. The second-order valence-corrected chi connectivity index (χ2v) is 6.87. The summed E-state index contributed by atoms with van der Waals surface area (Å²) in [5, 5.41) is 0. The van der Waals surface area contributed by atoms with E-state index in [-0.39, 0.29) is 17.9 Å². The number of likely N-dealkylation sites (N-methyl/N-ethyl adjacent to an activating group) is 1. The van der Waals surface area contributed by atoms with Crippen molar-refractivity contribution in [2.75, 3.05) is 11.9 Å². The van der Waals surface area contributed by atoms with E-state index in [4.69, 9.17) is 12.2 Å². The number of nitrogens with zero attached hydrogens (tertiary/aromatic N) is 2. The van der Waals surface area contributed by atoms with Gasteiger partial charge < -0.3 is 4.90 Å². The third kappa shape index (κ3) is 2.01. The Labute approximate surface area is 132 Å². The maximum atomic E-state index is 12.6. The molecule has 1 saturated heterocycles. The van der Waals surface area contributed by atoms with Gasteiger partial charge in [-0.25, -0.2) is 0 Å². The fraction of sp³-hybridized carbons (Fsp3) is 0.267. The molecule has 1 aromatic carbocycles. The lowest BCUT2D eigenvalue weighted by Gasteiger charge is -2.18. The summed E-state index contributed by atoms with van der Waals surface area (Å²) in [6, 6.07) is 7.48. The van der Waals surface area contributed by atoms with Gasteiger partial charge in [-0.05, 0) is 19.9 Å².